The Labute approximate surface area is 247 Å². The fourth-order valence-corrected chi connectivity index (χ4v) is 4.03. The number of rotatable bonds is 22. The molecule has 15 nitrogen and oxygen atoms in total. The summed E-state index contributed by atoms with van der Waals surface area (Å²) in [5.74, 6) is -6.21. The van der Waals surface area contributed by atoms with E-state index in [-0.39, 0.29) is 12.8 Å². The summed E-state index contributed by atoms with van der Waals surface area (Å²) in [6, 6.07) is -5.68. The summed E-state index contributed by atoms with van der Waals surface area (Å²) in [6.45, 7) is 7.34. The van der Waals surface area contributed by atoms with Gasteiger partial charge in [-0.05, 0) is 63.5 Å². The van der Waals surface area contributed by atoms with Crippen LogP contribution in [0.1, 0.15) is 79.1 Å². The van der Waals surface area contributed by atoms with Gasteiger partial charge in [0.05, 0.1) is 6.04 Å². The predicted molar refractivity (Wildman–Crippen MR) is 156 cm³/mol. The molecule has 0 radical (unpaired) electrons. The molecular weight excluding hydrogens is 550 g/mol. The number of carbonyl (C=O) groups excluding carboxylic acids is 4. The highest BCUT2D eigenvalue weighted by molar-refractivity contribution is 5.95. The lowest BCUT2D eigenvalue weighted by Crippen LogP contribution is -2.59. The van der Waals surface area contributed by atoms with E-state index in [1.807, 2.05) is 0 Å². The molecule has 5 atom stereocenters. The van der Waals surface area contributed by atoms with Crippen LogP contribution in [0.3, 0.4) is 0 Å². The van der Waals surface area contributed by atoms with E-state index < -0.39 is 84.0 Å². The smallest absolute Gasteiger partial charge is 0.326 e. The molecule has 0 rings (SSSR count). The van der Waals surface area contributed by atoms with Crippen LogP contribution >= 0.6 is 0 Å². The van der Waals surface area contributed by atoms with Crippen molar-refractivity contribution in [2.75, 3.05) is 13.1 Å². The molecule has 42 heavy (non-hydrogen) atoms. The quantitative estimate of drug-likeness (QED) is 0.0663. The molecular formula is C27H51N7O8. The van der Waals surface area contributed by atoms with E-state index in [0.717, 1.165) is 0 Å². The van der Waals surface area contributed by atoms with Crippen LogP contribution in [0.2, 0.25) is 0 Å². The number of amides is 4. The molecule has 0 heterocycles. The second-order valence-electron chi connectivity index (χ2n) is 11.0. The average molecular weight is 602 g/mol. The van der Waals surface area contributed by atoms with Crippen LogP contribution in [0, 0.1) is 11.8 Å². The van der Waals surface area contributed by atoms with E-state index in [9.17, 15) is 39.0 Å². The third-order valence-corrected chi connectivity index (χ3v) is 6.64. The molecule has 0 aliphatic rings. The molecule has 0 bridgehead atoms. The highest BCUT2D eigenvalue weighted by Crippen LogP contribution is 2.10. The van der Waals surface area contributed by atoms with Crippen molar-refractivity contribution >= 4 is 35.6 Å². The van der Waals surface area contributed by atoms with Gasteiger partial charge in [-0.15, -0.1) is 0 Å². The predicted octanol–water partition coefficient (Wildman–Crippen LogP) is -1.23. The van der Waals surface area contributed by atoms with Crippen molar-refractivity contribution in [1.29, 1.82) is 0 Å². The zero-order valence-electron chi connectivity index (χ0n) is 25.2. The second-order valence-corrected chi connectivity index (χ2v) is 11.0. The van der Waals surface area contributed by atoms with Crippen molar-refractivity contribution in [1.82, 2.24) is 21.3 Å². The Balaban J connectivity index is 5.83. The minimum absolute atomic E-state index is 0.195. The molecule has 15 heteroatoms. The maximum atomic E-state index is 13.3. The Kier molecular flexibility index (Phi) is 18.9. The summed E-state index contributed by atoms with van der Waals surface area (Å²) >= 11 is 0. The number of nitrogens with one attached hydrogen (secondary N) is 4. The van der Waals surface area contributed by atoms with Crippen molar-refractivity contribution in [3.63, 3.8) is 0 Å². The first kappa shape index (κ1) is 38.7. The summed E-state index contributed by atoms with van der Waals surface area (Å²) in [5.41, 5.74) is 17.0. The van der Waals surface area contributed by atoms with Crippen LogP contribution < -0.4 is 38.5 Å². The van der Waals surface area contributed by atoms with E-state index in [4.69, 9.17) is 17.2 Å². The summed E-state index contributed by atoms with van der Waals surface area (Å²) in [5, 5.41) is 28.7. The lowest BCUT2D eigenvalue weighted by molar-refractivity contribution is -0.143. The molecule has 0 fully saturated rings. The van der Waals surface area contributed by atoms with Gasteiger partial charge in [0.2, 0.25) is 23.6 Å². The van der Waals surface area contributed by atoms with Crippen LogP contribution in [-0.4, -0.2) is 89.1 Å². The number of nitrogens with two attached hydrogens (primary N) is 3. The lowest BCUT2D eigenvalue weighted by atomic mass is 9.99. The Bertz CT molecular complexity index is 900. The third kappa shape index (κ3) is 15.1. The van der Waals surface area contributed by atoms with Gasteiger partial charge in [0, 0.05) is 6.42 Å². The number of hydrogen-bond donors (Lipinski definition) is 9. The number of carboxylic acid groups (broad SMARTS) is 2. The van der Waals surface area contributed by atoms with E-state index in [0.29, 0.717) is 45.2 Å². The fraction of sp³-hybridized carbons (Fsp3) is 0.778. The van der Waals surface area contributed by atoms with E-state index in [1.165, 1.54) is 0 Å². The van der Waals surface area contributed by atoms with Crippen LogP contribution in [-0.2, 0) is 28.8 Å². The highest BCUT2D eigenvalue weighted by atomic mass is 16.4. The normalized spacial score (nSPS) is 14.8. The van der Waals surface area contributed by atoms with Gasteiger partial charge in [0.15, 0.2) is 0 Å². The van der Waals surface area contributed by atoms with Gasteiger partial charge < -0.3 is 48.7 Å². The maximum Gasteiger partial charge on any atom is 0.326 e. The molecule has 4 amide bonds. The van der Waals surface area contributed by atoms with Gasteiger partial charge in [0.25, 0.3) is 0 Å². The van der Waals surface area contributed by atoms with Crippen molar-refractivity contribution < 1.29 is 39.0 Å². The largest absolute Gasteiger partial charge is 0.481 e. The number of aliphatic carboxylic acids is 2. The molecule has 0 saturated heterocycles. The van der Waals surface area contributed by atoms with Gasteiger partial charge >= 0.3 is 11.9 Å². The van der Waals surface area contributed by atoms with E-state index >= 15 is 0 Å². The molecule has 5 unspecified atom stereocenters. The van der Waals surface area contributed by atoms with Crippen molar-refractivity contribution in [2.45, 2.75) is 109 Å². The summed E-state index contributed by atoms with van der Waals surface area (Å²) < 4.78 is 0. The molecule has 12 N–H and O–H groups in total. The van der Waals surface area contributed by atoms with E-state index in [1.54, 1.807) is 27.7 Å². The van der Waals surface area contributed by atoms with Gasteiger partial charge in [-0.2, -0.15) is 0 Å². The molecule has 0 aliphatic carbocycles. The SMILES string of the molecule is CC(C)C(NC(=O)C(NC(=O)C(CCC(=O)O)NC(=O)C(CCCCN)NC(=O)C(N)CCCCN)C(C)C)C(=O)O. The number of carboxylic acids is 2. The first-order valence-corrected chi connectivity index (χ1v) is 14.5. The Morgan fingerprint density at radius 2 is 1.05 bits per heavy atom. The topological polar surface area (TPSA) is 269 Å². The Hall–Kier alpha value is -3.30. The first-order valence-electron chi connectivity index (χ1n) is 14.5. The van der Waals surface area contributed by atoms with E-state index in [2.05, 4.69) is 21.3 Å². The van der Waals surface area contributed by atoms with Crippen molar-refractivity contribution in [3.8, 4) is 0 Å². The maximum absolute atomic E-state index is 13.3. The zero-order chi connectivity index (χ0) is 32.4. The van der Waals surface area contributed by atoms with Crippen LogP contribution in [0.5, 0.6) is 0 Å². The minimum atomic E-state index is -1.37. The lowest BCUT2D eigenvalue weighted by Gasteiger charge is -2.28. The van der Waals surface area contributed by atoms with Crippen molar-refractivity contribution in [3.05, 3.63) is 0 Å². The van der Waals surface area contributed by atoms with Crippen molar-refractivity contribution in [2.24, 2.45) is 29.0 Å². The standard InChI is InChI=1S/C27H51N7O8/c1-15(2)21(26(40)34-22(16(3)4)27(41)42)33-25(39)19(11-12-20(35)36)32-24(38)18(10-6-8-14-29)31-23(37)17(30)9-5-7-13-28/h15-19,21-22H,5-14,28-30H2,1-4H3,(H,31,37)(H,32,38)(H,33,39)(H,34,40)(H,35,36)(H,41,42). The minimum Gasteiger partial charge on any atom is -0.481 e. The molecule has 242 valence electrons. The van der Waals surface area contributed by atoms with Gasteiger partial charge in [0.1, 0.15) is 24.2 Å². The fourth-order valence-electron chi connectivity index (χ4n) is 4.03. The van der Waals surface area contributed by atoms with Gasteiger partial charge in [-0.1, -0.05) is 34.1 Å². The molecule has 0 aromatic carbocycles. The van der Waals surface area contributed by atoms with Crippen LogP contribution in [0.15, 0.2) is 0 Å². The number of carbonyl (C=O) groups is 6. The van der Waals surface area contributed by atoms with Gasteiger partial charge in [-0.3, -0.25) is 24.0 Å². The summed E-state index contributed by atoms with van der Waals surface area (Å²) in [4.78, 5) is 75.0. The second kappa shape index (κ2) is 20.6. The Morgan fingerprint density at radius 3 is 1.52 bits per heavy atom. The van der Waals surface area contributed by atoms with Crippen LogP contribution in [0.4, 0.5) is 0 Å². The third-order valence-electron chi connectivity index (χ3n) is 6.64. The summed E-state index contributed by atoms with van der Waals surface area (Å²) in [7, 11) is 0. The molecule has 0 aliphatic heterocycles. The molecule has 0 aromatic heterocycles. The Morgan fingerprint density at radius 1 is 0.595 bits per heavy atom. The molecule has 0 saturated carbocycles. The highest BCUT2D eigenvalue weighted by Gasteiger charge is 2.33. The van der Waals surface area contributed by atoms with Gasteiger partial charge in [-0.25, -0.2) is 4.79 Å². The monoisotopic (exact) mass is 601 g/mol. The molecule has 0 aromatic rings. The first-order chi connectivity index (χ1) is 19.7. The summed E-state index contributed by atoms with van der Waals surface area (Å²) in [6.07, 6.45) is 2.16. The number of unbranched alkanes of at least 4 members (excludes halogenated alkanes) is 2. The molecule has 0 spiro atoms. The zero-order valence-corrected chi connectivity index (χ0v) is 25.2. The average Bonchev–Trinajstić information content (AvgIpc) is 2.90. The number of hydrogen-bond acceptors (Lipinski definition) is 9. The van der Waals surface area contributed by atoms with Crippen LogP contribution in [0.25, 0.3) is 0 Å².